The van der Waals surface area contributed by atoms with Crippen molar-refractivity contribution in [1.29, 1.82) is 0 Å². The van der Waals surface area contributed by atoms with Gasteiger partial charge in [0.15, 0.2) is 10.3 Å². The Morgan fingerprint density at radius 1 is 1.14 bits per heavy atom. The van der Waals surface area contributed by atoms with Gasteiger partial charge in [-0.2, -0.15) is 0 Å². The molecule has 0 saturated carbocycles. The molecule has 0 amide bonds. The fourth-order valence-electron chi connectivity index (χ4n) is 2.23. The molecule has 3 N–H and O–H groups in total. The summed E-state index contributed by atoms with van der Waals surface area (Å²) in [5.41, 5.74) is 8.65. The van der Waals surface area contributed by atoms with Crippen LogP contribution in [0.2, 0.25) is 0 Å². The molecule has 7 heteroatoms. The van der Waals surface area contributed by atoms with Crippen molar-refractivity contribution in [2.24, 2.45) is 0 Å². The normalized spacial score (nSPS) is 10.7. The molecule has 3 rings (SSSR count). The molecular weight excluding hydrogens is 316 g/mol. The molecule has 0 fully saturated rings. The molecule has 22 heavy (non-hydrogen) atoms. The second-order valence-electron chi connectivity index (χ2n) is 4.61. The first-order valence-corrected chi connectivity index (χ1v) is 8.32. The van der Waals surface area contributed by atoms with E-state index in [1.54, 1.807) is 18.4 Å². The summed E-state index contributed by atoms with van der Waals surface area (Å²) in [7, 11) is 3.54. The number of aromatic nitrogens is 2. The van der Waals surface area contributed by atoms with E-state index >= 15 is 0 Å². The number of hydrogen-bond acceptors (Lipinski definition) is 7. The van der Waals surface area contributed by atoms with Gasteiger partial charge < -0.3 is 15.8 Å². The van der Waals surface area contributed by atoms with Crippen LogP contribution in [-0.4, -0.2) is 24.1 Å². The predicted octanol–water partition coefficient (Wildman–Crippen LogP) is 3.87. The Balaban J connectivity index is 2.24. The largest absolute Gasteiger partial charge is 0.496 e. The van der Waals surface area contributed by atoms with Crippen molar-refractivity contribution < 1.29 is 4.74 Å². The van der Waals surface area contributed by atoms with E-state index in [1.165, 1.54) is 11.3 Å². The minimum atomic E-state index is 0.553. The Labute approximate surface area is 136 Å². The van der Waals surface area contributed by atoms with Crippen molar-refractivity contribution in [3.63, 3.8) is 0 Å². The van der Waals surface area contributed by atoms with Gasteiger partial charge in [0.1, 0.15) is 11.4 Å². The molecule has 2 heterocycles. The average Bonchev–Trinajstić information content (AvgIpc) is 3.09. The summed E-state index contributed by atoms with van der Waals surface area (Å²) >= 11 is 3.05. The zero-order chi connectivity index (χ0) is 15.7. The number of rotatable bonds is 4. The fourth-order valence-corrected chi connectivity index (χ4v) is 4.08. The highest BCUT2D eigenvalue weighted by atomic mass is 32.1. The Morgan fingerprint density at radius 2 is 1.91 bits per heavy atom. The maximum atomic E-state index is 5.84. The summed E-state index contributed by atoms with van der Waals surface area (Å²) < 4.78 is 5.49. The van der Waals surface area contributed by atoms with Crippen molar-refractivity contribution in [3.05, 3.63) is 30.0 Å². The number of ether oxygens (including phenoxy) is 1. The number of para-hydroxylation sites is 1. The molecule has 114 valence electrons. The highest BCUT2D eigenvalue weighted by Crippen LogP contribution is 2.45. The lowest BCUT2D eigenvalue weighted by Crippen LogP contribution is -1.88. The van der Waals surface area contributed by atoms with Crippen LogP contribution in [0.25, 0.3) is 21.0 Å². The van der Waals surface area contributed by atoms with Crippen molar-refractivity contribution in [3.8, 4) is 26.8 Å². The Kier molecular flexibility index (Phi) is 4.00. The molecule has 1 aromatic carbocycles. The quantitative estimate of drug-likeness (QED) is 0.758. The topological polar surface area (TPSA) is 73.1 Å². The maximum absolute atomic E-state index is 5.84. The van der Waals surface area contributed by atoms with Gasteiger partial charge in [-0.1, -0.05) is 34.8 Å². The SMILES string of the molecule is CNc1nc(-c2sc(N)nc2C)c(-c2ccccc2OC)s1. The van der Waals surface area contributed by atoms with Gasteiger partial charge in [0.2, 0.25) is 0 Å². The highest BCUT2D eigenvalue weighted by Gasteiger charge is 2.21. The Hall–Kier alpha value is -2.12. The van der Waals surface area contributed by atoms with Gasteiger partial charge in [0.05, 0.1) is 22.6 Å². The third kappa shape index (κ3) is 2.53. The van der Waals surface area contributed by atoms with Crippen molar-refractivity contribution in [2.45, 2.75) is 6.92 Å². The Bertz CT molecular complexity index is 810. The van der Waals surface area contributed by atoms with Crippen LogP contribution in [0.5, 0.6) is 5.75 Å². The van der Waals surface area contributed by atoms with E-state index in [-0.39, 0.29) is 0 Å². The van der Waals surface area contributed by atoms with Gasteiger partial charge in [0.25, 0.3) is 0 Å². The summed E-state index contributed by atoms with van der Waals surface area (Å²) in [5.74, 6) is 0.824. The lowest BCUT2D eigenvalue weighted by atomic mass is 10.1. The molecule has 0 aliphatic heterocycles. The summed E-state index contributed by atoms with van der Waals surface area (Å²) in [6.45, 7) is 1.95. The minimum absolute atomic E-state index is 0.553. The van der Waals surface area contributed by atoms with Crippen LogP contribution in [0.3, 0.4) is 0 Å². The maximum Gasteiger partial charge on any atom is 0.183 e. The molecule has 0 atom stereocenters. The first-order valence-electron chi connectivity index (χ1n) is 6.69. The van der Waals surface area contributed by atoms with E-state index in [2.05, 4.69) is 10.3 Å². The van der Waals surface area contributed by atoms with E-state index in [0.29, 0.717) is 5.13 Å². The number of nitrogens with zero attached hydrogens (tertiary/aromatic N) is 2. The zero-order valence-electron chi connectivity index (χ0n) is 12.5. The van der Waals surface area contributed by atoms with Crippen LogP contribution in [0.15, 0.2) is 24.3 Å². The molecule has 3 aromatic rings. The van der Waals surface area contributed by atoms with Crippen molar-refractivity contribution in [2.75, 3.05) is 25.2 Å². The molecule has 5 nitrogen and oxygen atoms in total. The zero-order valence-corrected chi connectivity index (χ0v) is 14.1. The van der Waals surface area contributed by atoms with Gasteiger partial charge in [-0.25, -0.2) is 9.97 Å². The second-order valence-corrected chi connectivity index (χ2v) is 6.64. The van der Waals surface area contributed by atoms with Crippen LogP contribution in [0, 0.1) is 6.92 Å². The third-order valence-electron chi connectivity index (χ3n) is 3.22. The number of thiazole rings is 2. The number of anilines is 2. The number of nitrogens with one attached hydrogen (secondary N) is 1. The average molecular weight is 332 g/mol. The molecule has 0 aliphatic rings. The number of methoxy groups -OCH3 is 1. The van der Waals surface area contributed by atoms with Crippen LogP contribution >= 0.6 is 22.7 Å². The van der Waals surface area contributed by atoms with Crippen molar-refractivity contribution >= 4 is 32.9 Å². The Morgan fingerprint density at radius 3 is 2.55 bits per heavy atom. The number of benzene rings is 1. The van der Waals surface area contributed by atoms with Crippen LogP contribution in [-0.2, 0) is 0 Å². The van der Waals surface area contributed by atoms with Gasteiger partial charge in [-0.3, -0.25) is 0 Å². The molecule has 0 spiro atoms. The number of nitrogens with two attached hydrogens (primary N) is 1. The lowest BCUT2D eigenvalue weighted by molar-refractivity contribution is 0.416. The van der Waals surface area contributed by atoms with Crippen molar-refractivity contribution in [1.82, 2.24) is 9.97 Å². The number of aryl methyl sites for hydroxylation is 1. The first kappa shape index (κ1) is 14.8. The van der Waals surface area contributed by atoms with E-state index < -0.39 is 0 Å². The highest BCUT2D eigenvalue weighted by molar-refractivity contribution is 7.21. The first-order chi connectivity index (χ1) is 10.6. The van der Waals surface area contributed by atoms with Gasteiger partial charge in [0, 0.05) is 12.6 Å². The lowest BCUT2D eigenvalue weighted by Gasteiger charge is -2.07. The summed E-state index contributed by atoms with van der Waals surface area (Å²) in [5, 5.41) is 4.51. The van der Waals surface area contributed by atoms with Gasteiger partial charge >= 0.3 is 0 Å². The molecular formula is C15H16N4OS2. The van der Waals surface area contributed by atoms with Gasteiger partial charge in [-0.15, -0.1) is 0 Å². The molecule has 0 radical (unpaired) electrons. The van der Waals surface area contributed by atoms with E-state index in [0.717, 1.165) is 37.6 Å². The van der Waals surface area contributed by atoms with E-state index in [4.69, 9.17) is 15.5 Å². The smallest absolute Gasteiger partial charge is 0.183 e. The molecule has 2 aromatic heterocycles. The number of hydrogen-bond donors (Lipinski definition) is 2. The van der Waals surface area contributed by atoms with Crippen LogP contribution in [0.4, 0.5) is 10.3 Å². The molecule has 0 saturated heterocycles. The predicted molar refractivity (Wildman–Crippen MR) is 93.9 cm³/mol. The van der Waals surface area contributed by atoms with E-state index in [1.807, 2.05) is 38.2 Å². The molecule has 0 unspecified atom stereocenters. The van der Waals surface area contributed by atoms with Gasteiger partial charge in [-0.05, 0) is 19.1 Å². The summed E-state index contributed by atoms with van der Waals surface area (Å²) in [6.07, 6.45) is 0. The molecule has 0 aliphatic carbocycles. The molecule has 0 bridgehead atoms. The standard InChI is InChI=1S/C15H16N4OS2/c1-8-12(21-14(16)18-8)11-13(22-15(17-2)19-11)9-6-4-5-7-10(9)20-3/h4-7H,1-3H3,(H2,16,18)(H,17,19). The van der Waals surface area contributed by atoms with Crippen LogP contribution < -0.4 is 15.8 Å². The van der Waals surface area contributed by atoms with E-state index in [9.17, 15) is 0 Å². The fraction of sp³-hybridized carbons (Fsp3) is 0.200. The monoisotopic (exact) mass is 332 g/mol. The third-order valence-corrected chi connectivity index (χ3v) is 5.32. The minimum Gasteiger partial charge on any atom is -0.496 e. The summed E-state index contributed by atoms with van der Waals surface area (Å²) in [6, 6.07) is 7.94. The number of nitrogen functional groups attached to an aromatic ring is 1. The summed E-state index contributed by atoms with van der Waals surface area (Å²) in [4.78, 5) is 11.0. The van der Waals surface area contributed by atoms with Crippen LogP contribution in [0.1, 0.15) is 5.69 Å². The second kappa shape index (κ2) is 5.94.